The van der Waals surface area contributed by atoms with Gasteiger partial charge in [-0.05, 0) is 17.4 Å². The molecule has 3 nitrogen and oxygen atoms in total. The van der Waals surface area contributed by atoms with Crippen molar-refractivity contribution in [2.24, 2.45) is 5.92 Å². The van der Waals surface area contributed by atoms with Gasteiger partial charge in [0.25, 0.3) is 0 Å². The van der Waals surface area contributed by atoms with Crippen molar-refractivity contribution in [2.75, 3.05) is 0 Å². The lowest BCUT2D eigenvalue weighted by molar-refractivity contribution is 0.0957. The Bertz CT molecular complexity index is 328. The number of hydrogen-bond donors (Lipinski definition) is 0. The second-order valence-electron chi connectivity index (χ2n) is 4.52. The average Bonchev–Trinajstić information content (AvgIpc) is 2.17. The second-order valence-corrected chi connectivity index (χ2v) is 4.52. The highest BCUT2D eigenvalue weighted by Gasteiger charge is 2.11. The Morgan fingerprint density at radius 3 is 2.13 bits per heavy atom. The third kappa shape index (κ3) is 3.42. The molecule has 1 aromatic rings. The van der Waals surface area contributed by atoms with Crippen molar-refractivity contribution in [1.29, 1.82) is 0 Å². The summed E-state index contributed by atoms with van der Waals surface area (Å²) in [4.78, 5) is 19.8. The van der Waals surface area contributed by atoms with Gasteiger partial charge in [0.15, 0.2) is 11.6 Å². The number of hydrogen-bond acceptors (Lipinski definition) is 3. The van der Waals surface area contributed by atoms with Crippen LogP contribution in [0.25, 0.3) is 0 Å². The van der Waals surface area contributed by atoms with Crippen LogP contribution in [0.1, 0.15) is 56.2 Å². The first-order chi connectivity index (χ1) is 7.00. The molecule has 15 heavy (non-hydrogen) atoms. The fourth-order valence-corrected chi connectivity index (χ4v) is 1.24. The summed E-state index contributed by atoms with van der Waals surface area (Å²) in [5.74, 6) is 1.12. The van der Waals surface area contributed by atoms with Crippen LogP contribution in [0.5, 0.6) is 0 Å². The van der Waals surface area contributed by atoms with Gasteiger partial charge in [0.05, 0.1) is 0 Å². The van der Waals surface area contributed by atoms with Crippen molar-refractivity contribution in [3.05, 3.63) is 23.8 Å². The summed E-state index contributed by atoms with van der Waals surface area (Å²) in [7, 11) is 0. The normalized spacial score (nSPS) is 11.1. The largest absolute Gasteiger partial charge is 0.291 e. The second kappa shape index (κ2) is 5.01. The van der Waals surface area contributed by atoms with E-state index in [2.05, 4.69) is 23.8 Å². The lowest BCUT2D eigenvalue weighted by atomic mass is 10.1. The number of carbonyl (C=O) groups is 1. The Kier molecular flexibility index (Phi) is 3.95. The summed E-state index contributed by atoms with van der Waals surface area (Å²) in [6.45, 7) is 8.18. The third-order valence-corrected chi connectivity index (χ3v) is 2.18. The van der Waals surface area contributed by atoms with E-state index < -0.39 is 0 Å². The van der Waals surface area contributed by atoms with Crippen LogP contribution in [0.4, 0.5) is 0 Å². The minimum Gasteiger partial charge on any atom is -0.291 e. The van der Waals surface area contributed by atoms with E-state index in [4.69, 9.17) is 0 Å². The predicted octanol–water partition coefficient (Wildman–Crippen LogP) is 2.83. The van der Waals surface area contributed by atoms with Crippen LogP contribution in [0.2, 0.25) is 0 Å². The lowest BCUT2D eigenvalue weighted by Gasteiger charge is -2.05. The van der Waals surface area contributed by atoms with E-state index in [0.717, 1.165) is 5.56 Å². The van der Waals surface area contributed by atoms with E-state index in [1.54, 1.807) is 12.4 Å². The summed E-state index contributed by atoms with van der Waals surface area (Å²) in [6, 6.07) is 0. The molecular weight excluding hydrogens is 188 g/mol. The molecule has 1 heterocycles. The van der Waals surface area contributed by atoms with Crippen LogP contribution in [-0.2, 0) is 0 Å². The van der Waals surface area contributed by atoms with Gasteiger partial charge in [-0.1, -0.05) is 27.7 Å². The maximum absolute atomic E-state index is 11.6. The lowest BCUT2D eigenvalue weighted by Crippen LogP contribution is -2.08. The Morgan fingerprint density at radius 2 is 1.73 bits per heavy atom. The first-order valence-electron chi connectivity index (χ1n) is 5.35. The van der Waals surface area contributed by atoms with Gasteiger partial charge in [0, 0.05) is 18.8 Å². The molecule has 0 N–H and O–H groups in total. The minimum atomic E-state index is 0.0281. The van der Waals surface area contributed by atoms with Gasteiger partial charge in [-0.25, -0.2) is 9.97 Å². The average molecular weight is 206 g/mol. The van der Waals surface area contributed by atoms with Gasteiger partial charge in [-0.3, -0.25) is 4.79 Å². The third-order valence-electron chi connectivity index (χ3n) is 2.18. The summed E-state index contributed by atoms with van der Waals surface area (Å²) >= 11 is 0. The van der Waals surface area contributed by atoms with Crippen molar-refractivity contribution in [1.82, 2.24) is 9.97 Å². The molecular formula is C12H18N2O. The van der Waals surface area contributed by atoms with E-state index in [0.29, 0.717) is 24.1 Å². The molecule has 0 saturated carbocycles. The van der Waals surface area contributed by atoms with E-state index >= 15 is 0 Å². The molecule has 0 spiro atoms. The van der Waals surface area contributed by atoms with Crippen molar-refractivity contribution < 1.29 is 4.79 Å². The van der Waals surface area contributed by atoms with Gasteiger partial charge >= 0.3 is 0 Å². The Hall–Kier alpha value is -1.25. The molecule has 0 bridgehead atoms. The van der Waals surface area contributed by atoms with Gasteiger partial charge in [-0.15, -0.1) is 0 Å². The predicted molar refractivity (Wildman–Crippen MR) is 59.9 cm³/mol. The van der Waals surface area contributed by atoms with Crippen molar-refractivity contribution in [3.63, 3.8) is 0 Å². The topological polar surface area (TPSA) is 42.9 Å². The first kappa shape index (κ1) is 11.8. The molecule has 0 aliphatic heterocycles. The van der Waals surface area contributed by atoms with Crippen LogP contribution >= 0.6 is 0 Å². The summed E-state index contributed by atoms with van der Waals surface area (Å²) in [5.41, 5.74) is 1.07. The molecule has 0 aromatic carbocycles. The molecule has 0 radical (unpaired) electrons. The molecule has 82 valence electrons. The maximum atomic E-state index is 11.6. The van der Waals surface area contributed by atoms with Gasteiger partial charge in [0.1, 0.15) is 0 Å². The Balaban J connectivity index is 2.75. The van der Waals surface area contributed by atoms with E-state index in [1.807, 2.05) is 13.8 Å². The number of ketones is 1. The van der Waals surface area contributed by atoms with Crippen molar-refractivity contribution in [3.8, 4) is 0 Å². The quantitative estimate of drug-likeness (QED) is 0.711. The summed E-state index contributed by atoms with van der Waals surface area (Å²) in [5, 5.41) is 0. The van der Waals surface area contributed by atoms with Crippen molar-refractivity contribution in [2.45, 2.75) is 40.0 Å². The number of Topliss-reactive ketones (excluding diaryl/α,β-unsaturated/α-hetero) is 1. The molecule has 0 saturated heterocycles. The zero-order chi connectivity index (χ0) is 11.4. The zero-order valence-electron chi connectivity index (χ0n) is 9.82. The maximum Gasteiger partial charge on any atom is 0.200 e. The molecule has 0 amide bonds. The van der Waals surface area contributed by atoms with E-state index in [9.17, 15) is 4.79 Å². The van der Waals surface area contributed by atoms with E-state index in [1.165, 1.54) is 0 Å². The highest BCUT2D eigenvalue weighted by Crippen LogP contribution is 2.12. The van der Waals surface area contributed by atoms with Crippen LogP contribution in [-0.4, -0.2) is 15.8 Å². The summed E-state index contributed by atoms with van der Waals surface area (Å²) < 4.78 is 0. The molecule has 0 aliphatic carbocycles. The van der Waals surface area contributed by atoms with E-state index in [-0.39, 0.29) is 5.78 Å². The standard InChI is InChI=1S/C12H18N2O/c1-8(2)5-11(15)12-13-6-10(7-14-12)9(3)4/h6-9H,5H2,1-4H3. The highest BCUT2D eigenvalue weighted by atomic mass is 16.1. The molecule has 0 atom stereocenters. The molecule has 1 rings (SSSR count). The van der Waals surface area contributed by atoms with Crippen LogP contribution in [0.15, 0.2) is 12.4 Å². The minimum absolute atomic E-state index is 0.0281. The van der Waals surface area contributed by atoms with Crippen LogP contribution in [0, 0.1) is 5.92 Å². The van der Waals surface area contributed by atoms with Gasteiger partial charge in [-0.2, -0.15) is 0 Å². The molecule has 0 fully saturated rings. The fourth-order valence-electron chi connectivity index (χ4n) is 1.24. The fraction of sp³-hybridized carbons (Fsp3) is 0.583. The van der Waals surface area contributed by atoms with Crippen LogP contribution in [0.3, 0.4) is 0 Å². The number of nitrogens with zero attached hydrogens (tertiary/aromatic N) is 2. The number of aromatic nitrogens is 2. The Labute approximate surface area is 91.0 Å². The molecule has 1 aromatic heterocycles. The number of carbonyl (C=O) groups excluding carboxylic acids is 1. The van der Waals surface area contributed by atoms with Gasteiger partial charge in [0.2, 0.25) is 0 Å². The van der Waals surface area contributed by atoms with Crippen molar-refractivity contribution >= 4 is 5.78 Å². The molecule has 3 heteroatoms. The Morgan fingerprint density at radius 1 is 1.20 bits per heavy atom. The first-order valence-corrected chi connectivity index (χ1v) is 5.35. The van der Waals surface area contributed by atoms with Crippen LogP contribution < -0.4 is 0 Å². The molecule has 0 aliphatic rings. The monoisotopic (exact) mass is 206 g/mol. The highest BCUT2D eigenvalue weighted by molar-refractivity contribution is 5.92. The number of rotatable bonds is 4. The SMILES string of the molecule is CC(C)CC(=O)c1ncc(C(C)C)cn1. The summed E-state index contributed by atoms with van der Waals surface area (Å²) in [6.07, 6.45) is 4.00. The van der Waals surface area contributed by atoms with Gasteiger partial charge < -0.3 is 0 Å². The smallest absolute Gasteiger partial charge is 0.200 e. The molecule has 0 unspecified atom stereocenters. The zero-order valence-corrected chi connectivity index (χ0v) is 9.82.